The monoisotopic (exact) mass is 378 g/mol. The maximum atomic E-state index is 12.1. The van der Waals surface area contributed by atoms with Crippen LogP contribution in [0.4, 0.5) is 5.69 Å². The largest absolute Gasteiger partial charge is 0.494 e. The minimum atomic E-state index is -1.12. The number of carbonyl (C=O) groups excluding carboxylic acids is 1. The lowest BCUT2D eigenvalue weighted by molar-refractivity contribution is 0.0697. The summed E-state index contributed by atoms with van der Waals surface area (Å²) in [4.78, 5) is 23.1. The van der Waals surface area contributed by atoms with Crippen LogP contribution in [0.15, 0.2) is 42.5 Å². The molecule has 3 N–H and O–H groups in total. The van der Waals surface area contributed by atoms with Gasteiger partial charge in [-0.1, -0.05) is 11.6 Å². The van der Waals surface area contributed by atoms with Crippen molar-refractivity contribution in [3.63, 3.8) is 0 Å². The van der Waals surface area contributed by atoms with Crippen molar-refractivity contribution in [1.29, 1.82) is 0 Å². The van der Waals surface area contributed by atoms with Gasteiger partial charge in [-0.2, -0.15) is 0 Å². The lowest BCUT2D eigenvalue weighted by atomic mass is 10.2. The van der Waals surface area contributed by atoms with Crippen molar-refractivity contribution in [3.05, 3.63) is 58.6 Å². The zero-order chi connectivity index (χ0) is 18.4. The summed E-state index contributed by atoms with van der Waals surface area (Å²) in [6.45, 7) is 2.42. The predicted molar refractivity (Wildman–Crippen MR) is 99.7 cm³/mol. The molecule has 0 spiro atoms. The number of hydrogen-bond donors (Lipinski definition) is 3. The predicted octanol–water partition coefficient (Wildman–Crippen LogP) is 3.56. The van der Waals surface area contributed by atoms with Crippen LogP contribution in [0.1, 0.15) is 27.6 Å². The zero-order valence-corrected chi connectivity index (χ0v) is 14.8. The van der Waals surface area contributed by atoms with Gasteiger partial charge >= 0.3 is 5.97 Å². The van der Waals surface area contributed by atoms with E-state index in [1.165, 1.54) is 18.2 Å². The zero-order valence-electron chi connectivity index (χ0n) is 13.2. The molecular formula is C17H15ClN2O4S. The first-order valence-electron chi connectivity index (χ1n) is 7.28. The second-order valence-electron chi connectivity index (χ2n) is 4.87. The summed E-state index contributed by atoms with van der Waals surface area (Å²) >= 11 is 11.0. The van der Waals surface area contributed by atoms with Crippen LogP contribution in [0, 0.1) is 0 Å². The minimum Gasteiger partial charge on any atom is -0.494 e. The molecule has 0 atom stereocenters. The van der Waals surface area contributed by atoms with E-state index < -0.39 is 5.97 Å². The summed E-state index contributed by atoms with van der Waals surface area (Å²) in [6, 6.07) is 10.9. The average Bonchev–Trinajstić information content (AvgIpc) is 2.55. The molecule has 25 heavy (non-hydrogen) atoms. The maximum absolute atomic E-state index is 12.1. The smallest absolute Gasteiger partial charge is 0.337 e. The van der Waals surface area contributed by atoms with Crippen LogP contribution in [0.2, 0.25) is 5.02 Å². The molecule has 2 aromatic rings. The van der Waals surface area contributed by atoms with Crippen molar-refractivity contribution >= 4 is 46.5 Å². The highest BCUT2D eigenvalue weighted by Gasteiger charge is 2.11. The number of aromatic carboxylic acids is 1. The van der Waals surface area contributed by atoms with E-state index in [9.17, 15) is 9.59 Å². The minimum absolute atomic E-state index is 0.0171. The van der Waals surface area contributed by atoms with E-state index in [-0.39, 0.29) is 21.6 Å². The molecule has 0 aliphatic heterocycles. The van der Waals surface area contributed by atoms with Crippen molar-refractivity contribution in [2.24, 2.45) is 0 Å². The number of hydrogen-bond acceptors (Lipinski definition) is 4. The van der Waals surface area contributed by atoms with E-state index in [1.54, 1.807) is 24.3 Å². The molecule has 0 saturated carbocycles. The number of ether oxygens (including phenoxy) is 1. The number of nitrogens with one attached hydrogen (secondary N) is 2. The Morgan fingerprint density at radius 1 is 1.20 bits per heavy atom. The Morgan fingerprint density at radius 2 is 1.88 bits per heavy atom. The van der Waals surface area contributed by atoms with Crippen molar-refractivity contribution in [2.75, 3.05) is 11.9 Å². The number of carboxylic acid groups (broad SMARTS) is 1. The number of amides is 1. The molecule has 0 unspecified atom stereocenters. The first kappa shape index (κ1) is 18.7. The molecule has 0 saturated heterocycles. The molecule has 0 radical (unpaired) electrons. The quantitative estimate of drug-likeness (QED) is 0.689. The molecule has 0 aromatic heterocycles. The highest BCUT2D eigenvalue weighted by atomic mass is 35.5. The normalized spacial score (nSPS) is 10.0. The van der Waals surface area contributed by atoms with Crippen molar-refractivity contribution < 1.29 is 19.4 Å². The van der Waals surface area contributed by atoms with Gasteiger partial charge in [0.2, 0.25) is 0 Å². The van der Waals surface area contributed by atoms with Crippen LogP contribution >= 0.6 is 23.8 Å². The van der Waals surface area contributed by atoms with E-state index in [0.29, 0.717) is 23.6 Å². The summed E-state index contributed by atoms with van der Waals surface area (Å²) in [5.74, 6) is -0.829. The maximum Gasteiger partial charge on any atom is 0.337 e. The van der Waals surface area contributed by atoms with E-state index in [4.69, 9.17) is 33.7 Å². The second kappa shape index (κ2) is 8.46. The van der Waals surface area contributed by atoms with Gasteiger partial charge in [0.15, 0.2) is 5.11 Å². The SMILES string of the molecule is CCOc1ccc(C(=O)NC(=S)Nc2ccc(C(=O)O)c(Cl)c2)cc1. The van der Waals surface area contributed by atoms with Gasteiger partial charge in [0, 0.05) is 11.3 Å². The highest BCUT2D eigenvalue weighted by Crippen LogP contribution is 2.21. The number of thiocarbonyl (C=S) groups is 1. The Hall–Kier alpha value is -2.64. The first-order valence-corrected chi connectivity index (χ1v) is 8.07. The lowest BCUT2D eigenvalue weighted by Gasteiger charge is -2.11. The van der Waals surface area contributed by atoms with Crippen molar-refractivity contribution in [2.45, 2.75) is 6.92 Å². The molecule has 2 aromatic carbocycles. The Morgan fingerprint density at radius 3 is 2.44 bits per heavy atom. The summed E-state index contributed by atoms with van der Waals surface area (Å²) in [5.41, 5.74) is 0.871. The number of rotatable bonds is 5. The lowest BCUT2D eigenvalue weighted by Crippen LogP contribution is -2.34. The Kier molecular flexibility index (Phi) is 6.32. The molecule has 2 rings (SSSR count). The second-order valence-corrected chi connectivity index (χ2v) is 5.68. The third-order valence-electron chi connectivity index (χ3n) is 3.11. The Balaban J connectivity index is 1.98. The van der Waals surface area contributed by atoms with Gasteiger partial charge in [0.05, 0.1) is 17.2 Å². The highest BCUT2D eigenvalue weighted by molar-refractivity contribution is 7.80. The van der Waals surface area contributed by atoms with Gasteiger partial charge < -0.3 is 15.2 Å². The Labute approximate surface area is 154 Å². The summed E-state index contributed by atoms with van der Waals surface area (Å²) in [6.07, 6.45) is 0. The van der Waals surface area contributed by atoms with Gasteiger partial charge in [-0.15, -0.1) is 0 Å². The van der Waals surface area contributed by atoms with Gasteiger partial charge in [-0.05, 0) is 61.6 Å². The molecule has 0 aliphatic carbocycles. The summed E-state index contributed by atoms with van der Waals surface area (Å²) in [7, 11) is 0. The third-order valence-corrected chi connectivity index (χ3v) is 3.63. The van der Waals surface area contributed by atoms with Gasteiger partial charge in [0.25, 0.3) is 5.91 Å². The standard InChI is InChI=1S/C17H15ClN2O4S/c1-2-24-12-6-3-10(4-7-12)15(21)20-17(25)19-11-5-8-13(16(22)23)14(18)9-11/h3-9H,2H2,1H3,(H,22,23)(H2,19,20,21,25). The van der Waals surface area contributed by atoms with Crippen LogP contribution in [-0.4, -0.2) is 28.7 Å². The molecule has 0 fully saturated rings. The molecule has 0 aliphatic rings. The molecule has 0 heterocycles. The van der Waals surface area contributed by atoms with E-state index in [0.717, 1.165) is 0 Å². The van der Waals surface area contributed by atoms with E-state index >= 15 is 0 Å². The topological polar surface area (TPSA) is 87.7 Å². The van der Waals surface area contributed by atoms with Crippen LogP contribution in [0.5, 0.6) is 5.75 Å². The van der Waals surface area contributed by atoms with Crippen molar-refractivity contribution in [1.82, 2.24) is 5.32 Å². The van der Waals surface area contributed by atoms with Crippen LogP contribution in [0.25, 0.3) is 0 Å². The number of carbonyl (C=O) groups is 2. The third kappa shape index (κ3) is 5.17. The number of carboxylic acids is 1. The molecule has 0 bridgehead atoms. The Bertz CT molecular complexity index is 809. The molecule has 8 heteroatoms. The summed E-state index contributed by atoms with van der Waals surface area (Å²) < 4.78 is 5.31. The van der Waals surface area contributed by atoms with Crippen LogP contribution in [-0.2, 0) is 0 Å². The fourth-order valence-corrected chi connectivity index (χ4v) is 2.45. The van der Waals surface area contributed by atoms with E-state index in [2.05, 4.69) is 10.6 Å². The van der Waals surface area contributed by atoms with Crippen LogP contribution < -0.4 is 15.4 Å². The summed E-state index contributed by atoms with van der Waals surface area (Å²) in [5, 5.41) is 14.4. The first-order chi connectivity index (χ1) is 11.9. The molecule has 6 nitrogen and oxygen atoms in total. The average molecular weight is 379 g/mol. The fraction of sp³-hybridized carbons (Fsp3) is 0.118. The van der Waals surface area contributed by atoms with Gasteiger partial charge in [-0.3, -0.25) is 10.1 Å². The molecule has 1 amide bonds. The fourth-order valence-electron chi connectivity index (χ4n) is 1.97. The molecular weight excluding hydrogens is 364 g/mol. The molecule has 130 valence electrons. The number of anilines is 1. The van der Waals surface area contributed by atoms with Gasteiger partial charge in [0.1, 0.15) is 5.75 Å². The van der Waals surface area contributed by atoms with Gasteiger partial charge in [-0.25, -0.2) is 4.79 Å². The van der Waals surface area contributed by atoms with E-state index in [1.807, 2.05) is 6.92 Å². The number of benzene rings is 2. The number of halogens is 1. The van der Waals surface area contributed by atoms with Crippen LogP contribution in [0.3, 0.4) is 0 Å². The van der Waals surface area contributed by atoms with Crippen molar-refractivity contribution in [3.8, 4) is 5.75 Å².